The molecule has 1 rings (SSSR count). The van der Waals surface area contributed by atoms with Crippen molar-refractivity contribution in [1.82, 2.24) is 0 Å². The van der Waals surface area contributed by atoms with Gasteiger partial charge in [-0.3, -0.25) is 9.59 Å². The Balaban J connectivity index is 2.45. The molecule has 0 aromatic rings. The van der Waals surface area contributed by atoms with Crippen molar-refractivity contribution in [2.24, 2.45) is 11.7 Å². The van der Waals surface area contributed by atoms with Crippen LogP contribution in [0.5, 0.6) is 0 Å². The minimum absolute atomic E-state index is 0.0278. The van der Waals surface area contributed by atoms with Crippen LogP contribution in [0.15, 0.2) is 0 Å². The fourth-order valence-electron chi connectivity index (χ4n) is 4.67. The molecule has 1 heterocycles. The van der Waals surface area contributed by atoms with Gasteiger partial charge in [0.05, 0.1) is 5.92 Å². The van der Waals surface area contributed by atoms with E-state index in [0.717, 1.165) is 51.4 Å². The number of carbonyl (C=O) groups is 2. The lowest BCUT2D eigenvalue weighted by Gasteiger charge is -2.37. The molecule has 0 spiro atoms. The summed E-state index contributed by atoms with van der Waals surface area (Å²) in [6.45, 7) is 6.53. The molecule has 1 aliphatic heterocycles. The molecule has 1 saturated heterocycles. The van der Waals surface area contributed by atoms with Crippen LogP contribution in [0.4, 0.5) is 0 Å². The van der Waals surface area contributed by atoms with E-state index in [4.69, 9.17) is 15.2 Å². The number of cyclic esters (lactones) is 1. The number of nitrogens with two attached hydrogens (primary N) is 1. The van der Waals surface area contributed by atoms with Crippen LogP contribution in [0, 0.1) is 5.92 Å². The molecule has 194 valence electrons. The molecule has 0 saturated carbocycles. The zero-order valence-corrected chi connectivity index (χ0v) is 22.0. The van der Waals surface area contributed by atoms with E-state index in [1.807, 2.05) is 0 Å². The van der Waals surface area contributed by atoms with Crippen LogP contribution in [0.3, 0.4) is 0 Å². The third-order valence-electron chi connectivity index (χ3n) is 6.97. The monoisotopic (exact) mass is 467 g/mol. The molecule has 2 N–H and O–H groups in total. The molecule has 0 aromatic carbocycles. The van der Waals surface area contributed by atoms with Crippen LogP contribution in [0.1, 0.15) is 143 Å². The van der Waals surface area contributed by atoms with Crippen molar-refractivity contribution in [2.75, 3.05) is 0 Å². The Morgan fingerprint density at radius 1 is 0.818 bits per heavy atom. The average molecular weight is 468 g/mol. The summed E-state index contributed by atoms with van der Waals surface area (Å²) in [6.07, 6.45) is 20.6. The number of hydrogen-bond acceptors (Lipinski definition) is 5. The predicted octanol–water partition coefficient (Wildman–Crippen LogP) is 7.24. The first-order valence-corrected chi connectivity index (χ1v) is 14.2. The Hall–Kier alpha value is -1.10. The molecule has 1 fully saturated rings. The first kappa shape index (κ1) is 29.9. The second-order valence-corrected chi connectivity index (χ2v) is 10.1. The van der Waals surface area contributed by atoms with E-state index < -0.39 is 6.04 Å². The molecule has 0 aliphatic carbocycles. The van der Waals surface area contributed by atoms with Gasteiger partial charge in [0.25, 0.3) is 0 Å². The van der Waals surface area contributed by atoms with Gasteiger partial charge in [-0.25, -0.2) is 0 Å². The Morgan fingerprint density at radius 3 is 1.94 bits per heavy atom. The summed E-state index contributed by atoms with van der Waals surface area (Å²) in [5.74, 6) is -0.404. The third kappa shape index (κ3) is 13.4. The van der Waals surface area contributed by atoms with Crippen LogP contribution < -0.4 is 5.73 Å². The normalized spacial score (nSPS) is 19.6. The molecule has 0 unspecified atom stereocenters. The van der Waals surface area contributed by atoms with Gasteiger partial charge >= 0.3 is 11.9 Å². The Morgan fingerprint density at radius 2 is 1.36 bits per heavy atom. The summed E-state index contributed by atoms with van der Waals surface area (Å²) in [5.41, 5.74) is 6.06. The van der Waals surface area contributed by atoms with Gasteiger partial charge in [0.1, 0.15) is 18.2 Å². The number of unbranched alkanes of at least 4 members (excludes halogenated alkanes) is 12. The number of ether oxygens (including phenoxy) is 2. The van der Waals surface area contributed by atoms with Crippen molar-refractivity contribution in [1.29, 1.82) is 0 Å². The molecule has 0 radical (unpaired) electrons. The van der Waals surface area contributed by atoms with Gasteiger partial charge in [0, 0.05) is 6.42 Å². The number of carbonyl (C=O) groups excluding carboxylic acids is 2. The topological polar surface area (TPSA) is 78.6 Å². The van der Waals surface area contributed by atoms with Crippen molar-refractivity contribution >= 4 is 11.9 Å². The quantitative estimate of drug-likeness (QED) is 0.134. The summed E-state index contributed by atoms with van der Waals surface area (Å²) < 4.78 is 11.3. The zero-order chi connectivity index (χ0) is 24.3. The van der Waals surface area contributed by atoms with E-state index in [1.165, 1.54) is 57.8 Å². The van der Waals surface area contributed by atoms with Gasteiger partial charge in [0.15, 0.2) is 0 Å². The highest BCUT2D eigenvalue weighted by Crippen LogP contribution is 2.32. The summed E-state index contributed by atoms with van der Waals surface area (Å²) in [7, 11) is 0. The molecular formula is C28H53NO4. The highest BCUT2D eigenvalue weighted by Gasteiger charge is 2.43. The van der Waals surface area contributed by atoms with Crippen molar-refractivity contribution in [3.63, 3.8) is 0 Å². The number of rotatable bonds is 22. The minimum Gasteiger partial charge on any atom is -0.461 e. The summed E-state index contributed by atoms with van der Waals surface area (Å²) in [4.78, 5) is 24.6. The summed E-state index contributed by atoms with van der Waals surface area (Å²) >= 11 is 0. The van der Waals surface area contributed by atoms with Gasteiger partial charge in [-0.15, -0.1) is 0 Å². The van der Waals surface area contributed by atoms with Crippen LogP contribution in [-0.4, -0.2) is 30.2 Å². The minimum atomic E-state index is -0.552. The second kappa shape index (κ2) is 19.2. The zero-order valence-electron chi connectivity index (χ0n) is 22.0. The van der Waals surface area contributed by atoms with E-state index in [0.29, 0.717) is 12.8 Å². The number of esters is 2. The predicted molar refractivity (Wildman–Crippen MR) is 136 cm³/mol. The van der Waals surface area contributed by atoms with Crippen LogP contribution >= 0.6 is 0 Å². The van der Waals surface area contributed by atoms with E-state index >= 15 is 0 Å². The maximum Gasteiger partial charge on any atom is 0.323 e. The Kier molecular flexibility index (Phi) is 17.4. The smallest absolute Gasteiger partial charge is 0.323 e. The van der Waals surface area contributed by atoms with Gasteiger partial charge in [-0.1, -0.05) is 111 Å². The first-order chi connectivity index (χ1) is 16.0. The molecule has 1 aliphatic rings. The van der Waals surface area contributed by atoms with E-state index in [9.17, 15) is 9.59 Å². The molecule has 5 heteroatoms. The Labute approximate surface area is 203 Å². The largest absolute Gasteiger partial charge is 0.461 e. The fourth-order valence-corrected chi connectivity index (χ4v) is 4.67. The summed E-state index contributed by atoms with van der Waals surface area (Å²) in [5, 5.41) is 0. The highest BCUT2D eigenvalue weighted by atomic mass is 16.6. The highest BCUT2D eigenvalue weighted by molar-refractivity contribution is 5.78. The lowest BCUT2D eigenvalue weighted by atomic mass is 9.86. The molecule has 0 amide bonds. The third-order valence-corrected chi connectivity index (χ3v) is 6.97. The molecule has 0 aromatic heterocycles. The fraction of sp³-hybridized carbons (Fsp3) is 0.929. The van der Waals surface area contributed by atoms with E-state index in [2.05, 4.69) is 20.8 Å². The van der Waals surface area contributed by atoms with Gasteiger partial charge in [-0.05, 0) is 25.7 Å². The average Bonchev–Trinajstić information content (AvgIpc) is 2.80. The van der Waals surface area contributed by atoms with Crippen molar-refractivity contribution in [3.8, 4) is 0 Å². The number of hydrogen-bond donors (Lipinski definition) is 1. The maximum atomic E-state index is 12.5. The molecular weight excluding hydrogens is 414 g/mol. The SMILES string of the molecule is CCCCCCCCCCC[C@@H](C[C@@H]1OC(=O)[C@H]1CCCCCC)OC(=O)[C@@H](N)CCCC. The molecule has 0 bridgehead atoms. The van der Waals surface area contributed by atoms with Gasteiger partial charge in [-0.2, -0.15) is 0 Å². The van der Waals surface area contributed by atoms with Crippen molar-refractivity contribution < 1.29 is 19.1 Å². The molecule has 4 atom stereocenters. The summed E-state index contributed by atoms with van der Waals surface area (Å²) in [6, 6.07) is -0.552. The van der Waals surface area contributed by atoms with Crippen molar-refractivity contribution in [3.05, 3.63) is 0 Å². The standard InChI is InChI=1S/C28H53NO4/c1-4-7-10-12-13-14-15-16-17-19-23(32-28(31)25(29)21-9-6-3)22-26-24(27(30)33-26)20-18-11-8-5-2/h23-26H,4-22,29H2,1-3H3/t23-,24-,25-,26-/m0/s1. The first-order valence-electron chi connectivity index (χ1n) is 14.2. The van der Waals surface area contributed by atoms with Crippen LogP contribution in [0.25, 0.3) is 0 Å². The lowest BCUT2D eigenvalue weighted by molar-refractivity contribution is -0.190. The Bertz CT molecular complexity index is 510. The second-order valence-electron chi connectivity index (χ2n) is 10.1. The molecule has 33 heavy (non-hydrogen) atoms. The van der Waals surface area contributed by atoms with Crippen molar-refractivity contribution in [2.45, 2.75) is 161 Å². The van der Waals surface area contributed by atoms with E-state index in [-0.39, 0.29) is 30.1 Å². The van der Waals surface area contributed by atoms with Crippen LogP contribution in [-0.2, 0) is 19.1 Å². The van der Waals surface area contributed by atoms with Crippen LogP contribution in [0.2, 0.25) is 0 Å². The van der Waals surface area contributed by atoms with Gasteiger partial charge < -0.3 is 15.2 Å². The van der Waals surface area contributed by atoms with Gasteiger partial charge in [0.2, 0.25) is 0 Å². The van der Waals surface area contributed by atoms with E-state index in [1.54, 1.807) is 0 Å². The maximum absolute atomic E-state index is 12.5. The molecule has 5 nitrogen and oxygen atoms in total. The lowest BCUT2D eigenvalue weighted by Crippen LogP contribution is -2.47.